The molecule has 0 aromatic carbocycles. The maximum absolute atomic E-state index is 10.7. The minimum absolute atomic E-state index is 0.0437. The Balaban J connectivity index is 2.31. The summed E-state index contributed by atoms with van der Waals surface area (Å²) >= 11 is 0. The molecule has 0 amide bonds. The molecule has 124 valence electrons. The van der Waals surface area contributed by atoms with Gasteiger partial charge in [0.25, 0.3) is 0 Å². The number of ether oxygens (including phenoxy) is 2. The molecule has 2 rings (SSSR count). The quantitative estimate of drug-likeness (QED) is 0.273. The summed E-state index contributed by atoms with van der Waals surface area (Å²) in [5.41, 5.74) is -2.18. The molecule has 2 aliphatic rings. The smallest absolute Gasteiger partial charge is 0.147 e. The topological polar surface area (TPSA) is 160 Å². The van der Waals surface area contributed by atoms with Gasteiger partial charge in [-0.05, 0) is 6.42 Å². The van der Waals surface area contributed by atoms with Crippen LogP contribution in [0.25, 0.3) is 0 Å². The standard InChI is InChI=1S/C12H22O9/c13-3-5-8(16)9(17)10(18)11(21-5)12(19)6(15)1-2-20-7(12)4-14/h5-11,13-19H,1-4H2/t5-,6-,7-,8-,9+,10-,11-,12+/m1/s1. The van der Waals surface area contributed by atoms with Crippen molar-refractivity contribution in [2.45, 2.75) is 54.7 Å². The van der Waals surface area contributed by atoms with E-state index in [9.17, 15) is 30.6 Å². The molecule has 21 heavy (non-hydrogen) atoms. The van der Waals surface area contributed by atoms with E-state index in [0.717, 1.165) is 0 Å². The van der Waals surface area contributed by atoms with Crippen molar-refractivity contribution >= 4 is 0 Å². The summed E-state index contributed by atoms with van der Waals surface area (Å²) in [7, 11) is 0. The van der Waals surface area contributed by atoms with Crippen LogP contribution in [-0.2, 0) is 9.47 Å². The molecule has 2 saturated heterocycles. The molecule has 0 saturated carbocycles. The second kappa shape index (κ2) is 6.41. The van der Waals surface area contributed by atoms with E-state index in [-0.39, 0.29) is 13.0 Å². The summed E-state index contributed by atoms with van der Waals surface area (Å²) in [5.74, 6) is 0. The van der Waals surface area contributed by atoms with Gasteiger partial charge in [0.2, 0.25) is 0 Å². The number of rotatable bonds is 3. The maximum atomic E-state index is 10.7. The van der Waals surface area contributed by atoms with Gasteiger partial charge in [-0.3, -0.25) is 0 Å². The average Bonchev–Trinajstić information content (AvgIpc) is 2.48. The van der Waals surface area contributed by atoms with Crippen molar-refractivity contribution in [1.82, 2.24) is 0 Å². The molecule has 0 aromatic rings. The molecule has 2 heterocycles. The first kappa shape index (κ1) is 17.0. The van der Waals surface area contributed by atoms with E-state index in [1.54, 1.807) is 0 Å². The van der Waals surface area contributed by atoms with E-state index in [2.05, 4.69) is 0 Å². The molecule has 0 radical (unpaired) electrons. The van der Waals surface area contributed by atoms with Gasteiger partial charge in [0.05, 0.1) is 19.3 Å². The molecule has 2 aliphatic heterocycles. The lowest BCUT2D eigenvalue weighted by atomic mass is 9.76. The first-order valence-corrected chi connectivity index (χ1v) is 6.81. The third-order valence-corrected chi connectivity index (χ3v) is 4.27. The molecular formula is C12H22O9. The van der Waals surface area contributed by atoms with Crippen LogP contribution in [0.2, 0.25) is 0 Å². The predicted octanol–water partition coefficient (Wildman–Crippen LogP) is -4.30. The van der Waals surface area contributed by atoms with Crippen molar-refractivity contribution in [3.05, 3.63) is 0 Å². The van der Waals surface area contributed by atoms with E-state index >= 15 is 0 Å². The van der Waals surface area contributed by atoms with Gasteiger partial charge in [-0.25, -0.2) is 0 Å². The summed E-state index contributed by atoms with van der Waals surface area (Å²) in [6.45, 7) is -1.19. The highest BCUT2D eigenvalue weighted by atomic mass is 16.6. The summed E-state index contributed by atoms with van der Waals surface area (Å²) in [5, 5.41) is 68.8. The highest BCUT2D eigenvalue weighted by molar-refractivity contribution is 5.09. The zero-order valence-electron chi connectivity index (χ0n) is 11.3. The Bertz CT molecular complexity index is 352. The Kier molecular flexibility index (Phi) is 5.19. The molecule has 8 atom stereocenters. The molecule has 0 spiro atoms. The van der Waals surface area contributed by atoms with Gasteiger partial charge < -0.3 is 45.2 Å². The van der Waals surface area contributed by atoms with Gasteiger partial charge in [0.1, 0.15) is 42.2 Å². The van der Waals surface area contributed by atoms with E-state index in [1.807, 2.05) is 0 Å². The molecule has 7 N–H and O–H groups in total. The van der Waals surface area contributed by atoms with E-state index in [0.29, 0.717) is 0 Å². The molecule has 9 heteroatoms. The predicted molar refractivity (Wildman–Crippen MR) is 66.2 cm³/mol. The van der Waals surface area contributed by atoms with E-state index in [1.165, 1.54) is 0 Å². The average molecular weight is 310 g/mol. The lowest BCUT2D eigenvalue weighted by Crippen LogP contribution is -2.73. The summed E-state index contributed by atoms with van der Waals surface area (Å²) in [4.78, 5) is 0. The Morgan fingerprint density at radius 3 is 2.19 bits per heavy atom. The summed E-state index contributed by atoms with van der Waals surface area (Å²) in [6, 6.07) is 0. The first-order chi connectivity index (χ1) is 9.87. The second-order valence-electron chi connectivity index (χ2n) is 5.48. The minimum Gasteiger partial charge on any atom is -0.394 e. The fraction of sp³-hybridized carbons (Fsp3) is 1.00. The molecule has 9 nitrogen and oxygen atoms in total. The third kappa shape index (κ3) is 2.69. The molecule has 0 bridgehead atoms. The highest BCUT2D eigenvalue weighted by Gasteiger charge is 2.60. The largest absolute Gasteiger partial charge is 0.394 e. The first-order valence-electron chi connectivity index (χ1n) is 6.81. The van der Waals surface area contributed by atoms with Crippen LogP contribution in [0.5, 0.6) is 0 Å². The normalized spacial score (nSPS) is 51.9. The van der Waals surface area contributed by atoms with Crippen molar-refractivity contribution in [2.24, 2.45) is 0 Å². The number of aliphatic hydroxyl groups is 7. The van der Waals surface area contributed by atoms with Gasteiger partial charge in [0.15, 0.2) is 0 Å². The SMILES string of the molecule is OC[C@H]1O[C@@H]([C@]2(O)[C@H](O)CCO[C@@H]2CO)[C@H](O)[C@@H](O)[C@@H]1O. The number of hydrogen-bond acceptors (Lipinski definition) is 9. The molecular weight excluding hydrogens is 288 g/mol. The molecule has 2 fully saturated rings. The van der Waals surface area contributed by atoms with E-state index < -0.39 is 61.5 Å². The van der Waals surface area contributed by atoms with Crippen molar-refractivity contribution in [3.63, 3.8) is 0 Å². The fourth-order valence-corrected chi connectivity index (χ4v) is 2.96. The Hall–Kier alpha value is -0.360. The van der Waals surface area contributed by atoms with Gasteiger partial charge >= 0.3 is 0 Å². The minimum atomic E-state index is -2.18. The molecule has 0 aromatic heterocycles. The lowest BCUT2D eigenvalue weighted by Gasteiger charge is -2.52. The van der Waals surface area contributed by atoms with Crippen molar-refractivity contribution in [1.29, 1.82) is 0 Å². The van der Waals surface area contributed by atoms with Gasteiger partial charge in [0, 0.05) is 6.61 Å². The summed E-state index contributed by atoms with van der Waals surface area (Å²) in [6.07, 6.45) is -10.3. The Morgan fingerprint density at radius 2 is 1.62 bits per heavy atom. The fourth-order valence-electron chi connectivity index (χ4n) is 2.96. The van der Waals surface area contributed by atoms with Gasteiger partial charge in [-0.2, -0.15) is 0 Å². The van der Waals surface area contributed by atoms with Crippen LogP contribution >= 0.6 is 0 Å². The zero-order valence-corrected chi connectivity index (χ0v) is 11.3. The van der Waals surface area contributed by atoms with Crippen LogP contribution in [0, 0.1) is 0 Å². The zero-order chi connectivity index (χ0) is 15.8. The van der Waals surface area contributed by atoms with Crippen molar-refractivity contribution in [3.8, 4) is 0 Å². The molecule has 0 unspecified atom stereocenters. The van der Waals surface area contributed by atoms with Crippen molar-refractivity contribution < 1.29 is 45.2 Å². The Labute approximate surface area is 121 Å². The van der Waals surface area contributed by atoms with E-state index in [4.69, 9.17) is 14.6 Å². The lowest BCUT2D eigenvalue weighted by molar-refractivity contribution is -0.320. The number of hydrogen-bond donors (Lipinski definition) is 7. The number of aliphatic hydroxyl groups excluding tert-OH is 6. The van der Waals surface area contributed by atoms with Gasteiger partial charge in [-0.15, -0.1) is 0 Å². The van der Waals surface area contributed by atoms with Crippen LogP contribution < -0.4 is 0 Å². The van der Waals surface area contributed by atoms with Crippen LogP contribution in [0.15, 0.2) is 0 Å². The summed E-state index contributed by atoms with van der Waals surface area (Å²) < 4.78 is 10.5. The maximum Gasteiger partial charge on any atom is 0.147 e. The highest BCUT2D eigenvalue weighted by Crippen LogP contribution is 2.37. The van der Waals surface area contributed by atoms with Crippen molar-refractivity contribution in [2.75, 3.05) is 19.8 Å². The Morgan fingerprint density at radius 1 is 0.952 bits per heavy atom. The van der Waals surface area contributed by atoms with Crippen LogP contribution in [0.3, 0.4) is 0 Å². The van der Waals surface area contributed by atoms with Gasteiger partial charge in [-0.1, -0.05) is 0 Å². The monoisotopic (exact) mass is 310 g/mol. The van der Waals surface area contributed by atoms with Crippen LogP contribution in [-0.4, -0.2) is 104 Å². The third-order valence-electron chi connectivity index (χ3n) is 4.27. The second-order valence-corrected chi connectivity index (χ2v) is 5.48. The molecule has 0 aliphatic carbocycles. The van der Waals surface area contributed by atoms with Crippen LogP contribution in [0.4, 0.5) is 0 Å². The van der Waals surface area contributed by atoms with Crippen LogP contribution in [0.1, 0.15) is 6.42 Å².